The number of alkyl halides is 3. The van der Waals surface area contributed by atoms with Crippen molar-refractivity contribution in [3.05, 3.63) is 131 Å². The summed E-state index contributed by atoms with van der Waals surface area (Å²) in [6.45, 7) is 2.02. The monoisotopic (exact) mass is 543 g/mol. The van der Waals surface area contributed by atoms with Gasteiger partial charge in [0.15, 0.2) is 0 Å². The molecule has 0 aliphatic rings. The fourth-order valence-electron chi connectivity index (χ4n) is 4.61. The predicted molar refractivity (Wildman–Crippen MR) is 144 cm³/mol. The number of carbonyl (C=O) groups is 2. The van der Waals surface area contributed by atoms with Gasteiger partial charge in [0.25, 0.3) is 5.91 Å². The lowest BCUT2D eigenvalue weighted by molar-refractivity contribution is -0.137. The SMILES string of the molecule is C[C@@H](c1ccc(C(F)(F)F)cc1)c1cnn2cc(-c3ccccc3)cc(C(=O)NCc3ccc(C(=O)O)cc3)c12. The van der Waals surface area contributed by atoms with E-state index < -0.39 is 17.7 Å². The van der Waals surface area contributed by atoms with Crippen LogP contribution in [0.4, 0.5) is 13.2 Å². The third kappa shape index (κ3) is 5.44. The number of rotatable bonds is 7. The average Bonchev–Trinajstić information content (AvgIpc) is 3.39. The summed E-state index contributed by atoms with van der Waals surface area (Å²) < 4.78 is 40.9. The molecule has 5 aromatic rings. The summed E-state index contributed by atoms with van der Waals surface area (Å²) in [5.74, 6) is -1.75. The molecule has 0 aliphatic heterocycles. The lowest BCUT2D eigenvalue weighted by atomic mass is 9.91. The molecule has 1 amide bonds. The quantitative estimate of drug-likeness (QED) is 0.237. The second-order valence-electron chi connectivity index (χ2n) is 9.43. The Kier molecular flexibility index (Phi) is 7.13. The second kappa shape index (κ2) is 10.7. The van der Waals surface area contributed by atoms with Crippen LogP contribution in [0.15, 0.2) is 97.3 Å². The van der Waals surface area contributed by atoms with E-state index in [0.717, 1.165) is 28.8 Å². The Morgan fingerprint density at radius 1 is 0.950 bits per heavy atom. The van der Waals surface area contributed by atoms with Crippen LogP contribution in [0.3, 0.4) is 0 Å². The van der Waals surface area contributed by atoms with Crippen LogP contribution >= 0.6 is 0 Å². The molecule has 0 unspecified atom stereocenters. The number of pyridine rings is 1. The first-order chi connectivity index (χ1) is 19.1. The van der Waals surface area contributed by atoms with E-state index in [1.165, 1.54) is 24.3 Å². The van der Waals surface area contributed by atoms with Gasteiger partial charge in [-0.25, -0.2) is 9.31 Å². The number of carbonyl (C=O) groups excluding carboxylic acids is 1. The Hall–Kier alpha value is -4.92. The zero-order chi connectivity index (χ0) is 28.4. The Morgan fingerprint density at radius 2 is 1.62 bits per heavy atom. The maximum Gasteiger partial charge on any atom is 0.416 e. The van der Waals surface area contributed by atoms with Gasteiger partial charge in [-0.05, 0) is 47.0 Å². The van der Waals surface area contributed by atoms with Crippen molar-refractivity contribution < 1.29 is 27.9 Å². The van der Waals surface area contributed by atoms with E-state index in [9.17, 15) is 22.8 Å². The van der Waals surface area contributed by atoms with E-state index in [1.807, 2.05) is 43.5 Å². The number of nitrogens with zero attached hydrogens (tertiary/aromatic N) is 2. The number of amides is 1. The van der Waals surface area contributed by atoms with Gasteiger partial charge in [-0.1, -0.05) is 61.5 Å². The van der Waals surface area contributed by atoms with Crippen molar-refractivity contribution in [1.29, 1.82) is 0 Å². The van der Waals surface area contributed by atoms with Crippen LogP contribution in [-0.4, -0.2) is 26.6 Å². The molecule has 0 bridgehead atoms. The summed E-state index contributed by atoms with van der Waals surface area (Å²) in [5.41, 5.74) is 4.04. The molecule has 0 spiro atoms. The molecular formula is C31H24F3N3O3. The standard InChI is InChI=1S/C31H24F3N3O3/c1-19(21-11-13-25(14-12-21)31(32,33)34)27-17-36-37-18-24(22-5-3-2-4-6-22)15-26(28(27)37)29(38)35-16-20-7-9-23(10-8-20)30(39)40/h2-15,17-19H,16H2,1H3,(H,35,38)(H,39,40)/t19-/m0/s1. The summed E-state index contributed by atoms with van der Waals surface area (Å²) in [6.07, 6.45) is -0.984. The highest BCUT2D eigenvalue weighted by molar-refractivity contribution is 6.02. The van der Waals surface area contributed by atoms with E-state index in [0.29, 0.717) is 22.2 Å². The zero-order valence-electron chi connectivity index (χ0n) is 21.3. The Labute approximate surface area is 227 Å². The first-order valence-corrected chi connectivity index (χ1v) is 12.5. The molecule has 3 aromatic carbocycles. The van der Waals surface area contributed by atoms with E-state index in [-0.39, 0.29) is 23.9 Å². The van der Waals surface area contributed by atoms with Gasteiger partial charge < -0.3 is 10.4 Å². The van der Waals surface area contributed by atoms with E-state index in [1.54, 1.807) is 28.9 Å². The predicted octanol–water partition coefficient (Wildman–Crippen LogP) is 6.80. The summed E-state index contributed by atoms with van der Waals surface area (Å²) in [6, 6.07) is 22.5. The molecule has 0 radical (unpaired) electrons. The number of halogens is 3. The van der Waals surface area contributed by atoms with Gasteiger partial charge in [-0.3, -0.25) is 4.79 Å². The average molecular weight is 544 g/mol. The highest BCUT2D eigenvalue weighted by Gasteiger charge is 2.30. The fraction of sp³-hybridized carbons (Fsp3) is 0.129. The molecule has 0 saturated heterocycles. The van der Waals surface area contributed by atoms with Crippen molar-refractivity contribution >= 4 is 17.4 Å². The van der Waals surface area contributed by atoms with Crippen LogP contribution < -0.4 is 5.32 Å². The first kappa shape index (κ1) is 26.7. The molecule has 2 N–H and O–H groups in total. The number of nitrogens with one attached hydrogen (secondary N) is 1. The number of hydrogen-bond acceptors (Lipinski definition) is 3. The van der Waals surface area contributed by atoms with Crippen LogP contribution in [0.1, 0.15) is 55.8 Å². The van der Waals surface area contributed by atoms with E-state index in [4.69, 9.17) is 5.11 Å². The Balaban J connectivity index is 1.53. The van der Waals surface area contributed by atoms with Crippen LogP contribution in [0.5, 0.6) is 0 Å². The molecule has 2 heterocycles. The largest absolute Gasteiger partial charge is 0.478 e. The van der Waals surface area contributed by atoms with Crippen LogP contribution in [0.25, 0.3) is 16.6 Å². The lowest BCUT2D eigenvalue weighted by Gasteiger charge is -2.15. The lowest BCUT2D eigenvalue weighted by Crippen LogP contribution is -2.24. The summed E-state index contributed by atoms with van der Waals surface area (Å²) in [4.78, 5) is 24.7. The van der Waals surface area contributed by atoms with Gasteiger partial charge in [0.2, 0.25) is 0 Å². The normalized spacial score (nSPS) is 12.3. The van der Waals surface area contributed by atoms with Crippen molar-refractivity contribution in [2.45, 2.75) is 25.6 Å². The molecule has 1 atom stereocenters. The number of hydrogen-bond donors (Lipinski definition) is 2. The minimum Gasteiger partial charge on any atom is -0.478 e. The second-order valence-corrected chi connectivity index (χ2v) is 9.43. The summed E-state index contributed by atoms with van der Waals surface area (Å²) >= 11 is 0. The third-order valence-corrected chi connectivity index (χ3v) is 6.85. The van der Waals surface area contributed by atoms with Crippen LogP contribution in [0.2, 0.25) is 0 Å². The van der Waals surface area contributed by atoms with Crippen LogP contribution in [0, 0.1) is 0 Å². The molecule has 0 saturated carbocycles. The van der Waals surface area contributed by atoms with Crippen LogP contribution in [-0.2, 0) is 12.7 Å². The molecule has 40 heavy (non-hydrogen) atoms. The fourth-order valence-corrected chi connectivity index (χ4v) is 4.61. The van der Waals surface area contributed by atoms with Crippen molar-refractivity contribution in [1.82, 2.24) is 14.9 Å². The topological polar surface area (TPSA) is 83.7 Å². The maximum atomic E-state index is 13.6. The van der Waals surface area contributed by atoms with Crippen molar-refractivity contribution in [3.63, 3.8) is 0 Å². The number of carboxylic acids is 1. The molecular weight excluding hydrogens is 519 g/mol. The van der Waals surface area contributed by atoms with Gasteiger partial charge in [0, 0.05) is 29.8 Å². The number of aromatic carboxylic acids is 1. The minimum absolute atomic E-state index is 0.147. The van der Waals surface area contributed by atoms with E-state index in [2.05, 4.69) is 10.4 Å². The van der Waals surface area contributed by atoms with Gasteiger partial charge >= 0.3 is 12.1 Å². The van der Waals surface area contributed by atoms with Gasteiger partial charge in [0.05, 0.1) is 28.4 Å². The highest BCUT2D eigenvalue weighted by Crippen LogP contribution is 2.34. The van der Waals surface area contributed by atoms with E-state index >= 15 is 0 Å². The minimum atomic E-state index is -4.43. The molecule has 0 aliphatic carbocycles. The van der Waals surface area contributed by atoms with Crippen molar-refractivity contribution in [3.8, 4) is 11.1 Å². The number of fused-ring (bicyclic) bond motifs is 1. The molecule has 0 fully saturated rings. The van der Waals surface area contributed by atoms with Gasteiger partial charge in [-0.2, -0.15) is 18.3 Å². The molecule has 2 aromatic heterocycles. The van der Waals surface area contributed by atoms with Gasteiger partial charge in [0.1, 0.15) is 0 Å². The van der Waals surface area contributed by atoms with Crippen molar-refractivity contribution in [2.75, 3.05) is 0 Å². The van der Waals surface area contributed by atoms with Crippen molar-refractivity contribution in [2.24, 2.45) is 0 Å². The third-order valence-electron chi connectivity index (χ3n) is 6.85. The highest BCUT2D eigenvalue weighted by atomic mass is 19.4. The molecule has 9 heteroatoms. The first-order valence-electron chi connectivity index (χ1n) is 12.5. The Morgan fingerprint density at radius 3 is 2.25 bits per heavy atom. The zero-order valence-corrected chi connectivity index (χ0v) is 21.3. The number of benzene rings is 3. The molecule has 5 rings (SSSR count). The Bertz CT molecular complexity index is 1680. The number of carboxylic acid groups (broad SMARTS) is 1. The van der Waals surface area contributed by atoms with Gasteiger partial charge in [-0.15, -0.1) is 0 Å². The number of aromatic nitrogens is 2. The maximum absolute atomic E-state index is 13.6. The molecule has 202 valence electrons. The summed E-state index contributed by atoms with van der Waals surface area (Å²) in [5, 5.41) is 16.5. The smallest absolute Gasteiger partial charge is 0.416 e. The summed E-state index contributed by atoms with van der Waals surface area (Å²) in [7, 11) is 0. The molecule has 6 nitrogen and oxygen atoms in total.